The van der Waals surface area contributed by atoms with Crippen LogP contribution in [0.25, 0.3) is 0 Å². The molecule has 4 heterocycles. The highest BCUT2D eigenvalue weighted by atomic mass is 35.5. The van der Waals surface area contributed by atoms with Crippen LogP contribution < -0.4 is 10.1 Å². The Morgan fingerprint density at radius 3 is 2.40 bits per heavy atom. The van der Waals surface area contributed by atoms with Crippen LogP contribution >= 0.6 is 11.6 Å². The minimum absolute atomic E-state index is 0.166. The van der Waals surface area contributed by atoms with E-state index in [1.54, 1.807) is 60.8 Å². The first-order valence-electron chi connectivity index (χ1n) is 15.1. The molecule has 3 aliphatic heterocycles. The van der Waals surface area contributed by atoms with Crippen LogP contribution in [0.3, 0.4) is 0 Å². The summed E-state index contributed by atoms with van der Waals surface area (Å²) in [5, 5.41) is 13.2. The highest BCUT2D eigenvalue weighted by Gasteiger charge is 2.70. The number of rotatable bonds is 7. The molecule has 0 spiro atoms. The van der Waals surface area contributed by atoms with Gasteiger partial charge >= 0.3 is 16.1 Å². The predicted octanol–water partition coefficient (Wildman–Crippen LogP) is 3.79. The first-order valence-corrected chi connectivity index (χ1v) is 16.9. The van der Waals surface area contributed by atoms with E-state index in [4.69, 9.17) is 16.3 Å². The lowest BCUT2D eigenvalue weighted by molar-refractivity contribution is -0.771. The Labute approximate surface area is 268 Å². The van der Waals surface area contributed by atoms with Gasteiger partial charge in [-0.2, -0.15) is 13.2 Å². The molecule has 0 radical (unpaired) electrons. The van der Waals surface area contributed by atoms with Gasteiger partial charge in [-0.15, -0.1) is 15.5 Å². The topological polar surface area (TPSA) is 129 Å². The highest BCUT2D eigenvalue weighted by Crippen LogP contribution is 2.54. The summed E-state index contributed by atoms with van der Waals surface area (Å²) in [5.74, 6) is -2.25. The number of hydrogen-bond donors (Lipinski definition) is 2. The first kappa shape index (κ1) is 31.4. The van der Waals surface area contributed by atoms with Gasteiger partial charge in [0.15, 0.2) is 0 Å². The van der Waals surface area contributed by atoms with Crippen molar-refractivity contribution >= 4 is 39.3 Å². The largest absolute Gasteiger partial charge is 0.529 e. The molecular formula is C32H37ClN5O6S+. The number of piperazine rings is 1. The number of carboxylic acid groups (broad SMARTS) is 1. The third kappa shape index (κ3) is 5.18. The monoisotopic (exact) mass is 654 g/mol. The molecule has 3 aliphatic rings. The number of ether oxygens (including phenoxy) is 1. The number of pyridine rings is 1. The Morgan fingerprint density at radius 1 is 1.04 bits per heavy atom. The summed E-state index contributed by atoms with van der Waals surface area (Å²) in [6.45, 7) is 4.39. The zero-order chi connectivity index (χ0) is 31.9. The summed E-state index contributed by atoms with van der Waals surface area (Å²) in [5.41, 5.74) is 1.58. The number of anilines is 1. The van der Waals surface area contributed by atoms with E-state index in [-0.39, 0.29) is 17.4 Å². The lowest BCUT2D eigenvalue weighted by Crippen LogP contribution is -2.75. The van der Waals surface area contributed by atoms with Gasteiger partial charge in [0.1, 0.15) is 28.8 Å². The quantitative estimate of drug-likeness (QED) is 0.289. The van der Waals surface area contributed by atoms with E-state index >= 15 is 0 Å². The van der Waals surface area contributed by atoms with Gasteiger partial charge in [0.05, 0.1) is 12.5 Å². The number of carbonyl (C=O) groups excluding carboxylic acids is 1. The number of likely N-dealkylation sites (N-methyl/N-ethyl adjacent to an activating group) is 1. The van der Waals surface area contributed by atoms with Gasteiger partial charge in [-0.05, 0) is 43.8 Å². The minimum atomic E-state index is -4.71. The number of amides is 2. The van der Waals surface area contributed by atoms with Crippen LogP contribution in [0, 0.1) is 0 Å². The van der Waals surface area contributed by atoms with E-state index in [0.29, 0.717) is 29.9 Å². The fourth-order valence-electron chi connectivity index (χ4n) is 7.40. The van der Waals surface area contributed by atoms with Gasteiger partial charge in [-0.25, -0.2) is 4.98 Å². The van der Waals surface area contributed by atoms with Crippen molar-refractivity contribution in [2.45, 2.75) is 41.1 Å². The van der Waals surface area contributed by atoms with E-state index in [0.717, 1.165) is 13.1 Å². The van der Waals surface area contributed by atoms with E-state index in [9.17, 15) is 23.1 Å². The summed E-state index contributed by atoms with van der Waals surface area (Å²) >= 11 is 7.30. The molecule has 0 aliphatic carbocycles. The van der Waals surface area contributed by atoms with Crippen LogP contribution in [0.1, 0.15) is 29.9 Å². The zero-order valence-electron chi connectivity index (χ0n) is 25.1. The number of hydrogen-bond acceptors (Lipinski definition) is 8. The molecule has 2 N–H and O–H groups in total. The van der Waals surface area contributed by atoms with Crippen molar-refractivity contribution < 1.29 is 31.7 Å². The summed E-state index contributed by atoms with van der Waals surface area (Å²) < 4.78 is 34.4. The van der Waals surface area contributed by atoms with Gasteiger partial charge in [0, 0.05) is 49.7 Å². The molecule has 2 aromatic carbocycles. The van der Waals surface area contributed by atoms with Gasteiger partial charge in [-0.1, -0.05) is 42.5 Å². The van der Waals surface area contributed by atoms with Crippen LogP contribution in [-0.2, 0) is 14.8 Å². The van der Waals surface area contributed by atoms with Crippen LogP contribution in [0.15, 0.2) is 77.8 Å². The zero-order valence-corrected chi connectivity index (χ0v) is 26.7. The average molecular weight is 655 g/mol. The Bertz CT molecular complexity index is 1690. The molecule has 2 saturated heterocycles. The van der Waals surface area contributed by atoms with E-state index in [1.807, 2.05) is 14.0 Å². The number of benzene rings is 2. The van der Waals surface area contributed by atoms with Crippen molar-refractivity contribution in [1.82, 2.24) is 14.8 Å². The van der Waals surface area contributed by atoms with E-state index in [2.05, 4.69) is 20.1 Å². The van der Waals surface area contributed by atoms with Crippen LogP contribution in [0.2, 0.25) is 0 Å². The van der Waals surface area contributed by atoms with Gasteiger partial charge < -0.3 is 20.1 Å². The number of alkyl halides is 1. The molecule has 1 aromatic heterocycles. The molecule has 45 heavy (non-hydrogen) atoms. The van der Waals surface area contributed by atoms with Crippen molar-refractivity contribution in [3.8, 4) is 5.88 Å². The second-order valence-corrected chi connectivity index (χ2v) is 14.4. The number of piperidine rings is 1. The maximum Gasteiger partial charge on any atom is 0.529 e. The lowest BCUT2D eigenvalue weighted by Gasteiger charge is -2.54. The third-order valence-corrected chi connectivity index (χ3v) is 12.1. The number of likely N-dealkylation sites (tertiary alicyclic amines) is 1. The number of nitrogens with one attached hydrogen (secondary N) is 1. The average Bonchev–Trinajstić information content (AvgIpc) is 3.37. The Morgan fingerprint density at radius 2 is 1.71 bits per heavy atom. The summed E-state index contributed by atoms with van der Waals surface area (Å²) in [7, 11) is -2.68. The van der Waals surface area contributed by atoms with Crippen LogP contribution in [0.4, 0.5) is 10.5 Å². The smallest absolute Gasteiger partial charge is 0.478 e. The third-order valence-electron chi connectivity index (χ3n) is 9.41. The van der Waals surface area contributed by atoms with Crippen molar-refractivity contribution in [2.24, 2.45) is 0 Å². The summed E-state index contributed by atoms with van der Waals surface area (Å²) in [6.07, 6.45) is -0.0252. The fourth-order valence-corrected chi connectivity index (χ4v) is 10.0. The molecule has 3 aromatic rings. The Hall–Kier alpha value is -3.55. The summed E-state index contributed by atoms with van der Waals surface area (Å²) in [6, 6.07) is 16.2. The summed E-state index contributed by atoms with van der Waals surface area (Å²) in [4.78, 5) is 36.7. The number of nitrogens with zero attached hydrogens (tertiary/aromatic N) is 4. The van der Waals surface area contributed by atoms with Crippen molar-refractivity contribution in [3.05, 3.63) is 84.1 Å². The fraction of sp³-hybridized carbons (Fsp3) is 0.406. The van der Waals surface area contributed by atoms with Gasteiger partial charge in [0.25, 0.3) is 0 Å². The van der Waals surface area contributed by atoms with E-state index < -0.39 is 61.8 Å². The number of halogens is 1. The highest BCUT2D eigenvalue weighted by molar-refractivity contribution is 7.86. The number of para-hydroxylation sites is 1. The molecule has 2 amide bonds. The molecule has 2 fully saturated rings. The maximum atomic E-state index is 14.9. The molecule has 238 valence electrons. The van der Waals surface area contributed by atoms with Crippen LogP contribution in [-0.4, -0.2) is 108 Å². The first-order chi connectivity index (χ1) is 21.6. The Balaban J connectivity index is 1.69. The van der Waals surface area contributed by atoms with E-state index in [1.165, 1.54) is 12.1 Å². The normalized spacial score (nSPS) is 29.1. The number of fused-ring (bicyclic) bond motifs is 1. The molecule has 0 bridgehead atoms. The lowest BCUT2D eigenvalue weighted by atomic mass is 9.72. The second kappa shape index (κ2) is 12.3. The number of quaternary nitrogens is 1. The molecule has 6 atom stereocenters. The molecule has 0 saturated carbocycles. The molecular weight excluding hydrogens is 618 g/mol. The van der Waals surface area contributed by atoms with Crippen LogP contribution in [0.5, 0.6) is 5.88 Å². The number of carbonyl (C=O) groups is 2. The number of sulfonamides is 1. The van der Waals surface area contributed by atoms with Crippen molar-refractivity contribution in [1.29, 1.82) is 0 Å². The SMILES string of the molecule is CCOc1ncccc1C1C(N2CCN(C)CC2)C(Cl)C[N+](C(=O)O)(S(=O)(=O)c2ccccc2)C1C1C(=O)Nc2ccccc21. The van der Waals surface area contributed by atoms with Gasteiger partial charge in [-0.3, -0.25) is 9.69 Å². The van der Waals surface area contributed by atoms with Gasteiger partial charge in [0.2, 0.25) is 11.8 Å². The predicted molar refractivity (Wildman–Crippen MR) is 169 cm³/mol. The molecule has 13 heteroatoms. The molecule has 11 nitrogen and oxygen atoms in total. The molecule has 6 unspecified atom stereocenters. The minimum Gasteiger partial charge on any atom is -0.478 e. The molecule has 6 rings (SSSR count). The maximum absolute atomic E-state index is 14.9. The Kier molecular flexibility index (Phi) is 8.61. The number of aromatic nitrogens is 1. The van der Waals surface area contributed by atoms with Crippen molar-refractivity contribution in [2.75, 3.05) is 51.7 Å². The second-order valence-electron chi connectivity index (χ2n) is 11.8. The van der Waals surface area contributed by atoms with Crippen molar-refractivity contribution in [3.63, 3.8) is 0 Å². The standard InChI is InChI=1S/C32H36ClN5O6S/c1-3-44-31-23(13-9-15-34-31)26-28(37-18-16-36(2)17-19-37)24(33)20-38(32(40)41,45(42,43)21-10-5-4-6-11-21)29(26)27-22-12-7-8-14-25(22)35-30(27)39/h4-15,24,26-29H,3,16-20H2,1-2H3,(H-,35,39,40,41)/p+1.